The van der Waals surface area contributed by atoms with Crippen LogP contribution in [0.3, 0.4) is 0 Å². The van der Waals surface area contributed by atoms with Gasteiger partial charge in [-0.2, -0.15) is 0 Å². The first-order valence-electron chi connectivity index (χ1n) is 9.89. The highest BCUT2D eigenvalue weighted by molar-refractivity contribution is 5.83. The average molecular weight is 393 g/mol. The number of rotatable bonds is 5. The summed E-state index contributed by atoms with van der Waals surface area (Å²) in [7, 11) is 1.55. The highest BCUT2D eigenvalue weighted by Gasteiger charge is 2.36. The lowest BCUT2D eigenvalue weighted by Gasteiger charge is -2.40. The largest absolute Gasteiger partial charge is 0.496 e. The second-order valence-corrected chi connectivity index (χ2v) is 7.48. The van der Waals surface area contributed by atoms with Crippen LogP contribution < -0.4 is 4.74 Å². The van der Waals surface area contributed by atoms with E-state index in [1.165, 1.54) is 12.1 Å². The third kappa shape index (κ3) is 3.83. The molecule has 4 nitrogen and oxygen atoms in total. The van der Waals surface area contributed by atoms with Crippen LogP contribution in [0.4, 0.5) is 4.39 Å². The van der Waals surface area contributed by atoms with Crippen molar-refractivity contribution in [3.8, 4) is 5.75 Å². The number of halogens is 1. The normalized spacial score (nSPS) is 18.5. The summed E-state index contributed by atoms with van der Waals surface area (Å²) in [5.41, 5.74) is 1.58. The second-order valence-electron chi connectivity index (χ2n) is 7.48. The van der Waals surface area contributed by atoms with Gasteiger partial charge in [0.15, 0.2) is 0 Å². The Kier molecular flexibility index (Phi) is 5.49. The Bertz CT molecular complexity index is 1040. The molecular weight excluding hydrogens is 369 g/mol. The molecule has 0 aromatic heterocycles. The lowest BCUT2D eigenvalue weighted by Crippen LogP contribution is -2.47. The van der Waals surface area contributed by atoms with Gasteiger partial charge in [-0.15, -0.1) is 0 Å². The number of hydrogen-bond acceptors (Lipinski definition) is 3. The zero-order chi connectivity index (χ0) is 20.4. The summed E-state index contributed by atoms with van der Waals surface area (Å²) in [6, 6.07) is 17.5. The van der Waals surface area contributed by atoms with Crippen molar-refractivity contribution in [1.29, 1.82) is 0 Å². The standard InChI is InChI=1S/C24H24FNO3/c1-29-22-12-11-19(25)15-20(22)23(26-13-5-4-8-21(26)24(27)28)18-10-9-16-6-2-3-7-17(16)14-18/h2-3,6-7,9-12,14-15,21,23H,4-5,8,13H2,1H3,(H,27,28). The van der Waals surface area contributed by atoms with Crippen molar-refractivity contribution in [2.45, 2.75) is 31.3 Å². The van der Waals surface area contributed by atoms with Crippen molar-refractivity contribution in [3.63, 3.8) is 0 Å². The first kappa shape index (κ1) is 19.4. The maximum atomic E-state index is 14.2. The number of likely N-dealkylation sites (tertiary alicyclic amines) is 1. The summed E-state index contributed by atoms with van der Waals surface area (Å²) in [5, 5.41) is 12.0. The molecule has 29 heavy (non-hydrogen) atoms. The lowest BCUT2D eigenvalue weighted by atomic mass is 9.90. The number of fused-ring (bicyclic) bond motifs is 1. The number of carboxylic acids is 1. The molecule has 2 unspecified atom stereocenters. The molecule has 1 heterocycles. The number of carboxylic acid groups (broad SMARTS) is 1. The van der Waals surface area contributed by atoms with Crippen LogP contribution in [-0.4, -0.2) is 35.7 Å². The molecule has 1 N–H and O–H groups in total. The van der Waals surface area contributed by atoms with E-state index >= 15 is 0 Å². The molecule has 0 saturated carbocycles. The summed E-state index contributed by atoms with van der Waals surface area (Å²) in [6.07, 6.45) is 2.36. The minimum Gasteiger partial charge on any atom is -0.496 e. The van der Waals surface area contributed by atoms with Gasteiger partial charge < -0.3 is 9.84 Å². The summed E-state index contributed by atoms with van der Waals surface area (Å²) in [4.78, 5) is 14.0. The molecule has 0 radical (unpaired) electrons. The van der Waals surface area contributed by atoms with Gasteiger partial charge in [0.2, 0.25) is 0 Å². The number of ether oxygens (including phenoxy) is 1. The first-order valence-corrected chi connectivity index (χ1v) is 9.89. The van der Waals surface area contributed by atoms with E-state index in [0.717, 1.165) is 29.2 Å². The van der Waals surface area contributed by atoms with Crippen LogP contribution in [0.15, 0.2) is 60.7 Å². The van der Waals surface area contributed by atoms with Gasteiger partial charge in [0.05, 0.1) is 13.2 Å². The highest BCUT2D eigenvalue weighted by Crippen LogP contribution is 2.39. The van der Waals surface area contributed by atoms with E-state index in [-0.39, 0.29) is 5.82 Å². The molecule has 3 aromatic carbocycles. The van der Waals surface area contributed by atoms with Crippen molar-refractivity contribution >= 4 is 16.7 Å². The number of piperidine rings is 1. The zero-order valence-electron chi connectivity index (χ0n) is 16.3. The van der Waals surface area contributed by atoms with Gasteiger partial charge in [-0.1, -0.05) is 42.8 Å². The predicted octanol–water partition coefficient (Wildman–Crippen LogP) is 5.02. The van der Waals surface area contributed by atoms with Crippen LogP contribution in [0, 0.1) is 5.82 Å². The summed E-state index contributed by atoms with van der Waals surface area (Å²) in [6.45, 7) is 0.633. The van der Waals surface area contributed by atoms with Gasteiger partial charge in [0.1, 0.15) is 17.6 Å². The Morgan fingerprint density at radius 2 is 1.90 bits per heavy atom. The SMILES string of the molecule is COc1ccc(F)cc1C(c1ccc2ccccc2c1)N1CCCCC1C(=O)O. The molecule has 0 bridgehead atoms. The summed E-state index contributed by atoms with van der Waals surface area (Å²) < 4.78 is 19.8. The molecule has 1 aliphatic heterocycles. The van der Waals surface area contributed by atoms with Crippen LogP contribution in [0.1, 0.15) is 36.4 Å². The third-order valence-electron chi connectivity index (χ3n) is 5.74. The van der Waals surface area contributed by atoms with Crippen LogP contribution in [0.5, 0.6) is 5.75 Å². The van der Waals surface area contributed by atoms with Crippen LogP contribution in [-0.2, 0) is 4.79 Å². The Morgan fingerprint density at radius 1 is 1.10 bits per heavy atom. The van der Waals surface area contributed by atoms with Gasteiger partial charge in [-0.3, -0.25) is 9.69 Å². The van der Waals surface area contributed by atoms with Crippen molar-refractivity contribution < 1.29 is 19.0 Å². The summed E-state index contributed by atoms with van der Waals surface area (Å²) >= 11 is 0. The fourth-order valence-corrected chi connectivity index (χ4v) is 4.37. The van der Waals surface area contributed by atoms with E-state index in [1.54, 1.807) is 13.2 Å². The molecule has 5 heteroatoms. The minimum atomic E-state index is -0.842. The molecule has 0 aliphatic carbocycles. The fourth-order valence-electron chi connectivity index (χ4n) is 4.37. The monoisotopic (exact) mass is 393 g/mol. The van der Waals surface area contributed by atoms with Gasteiger partial charge in [0.25, 0.3) is 0 Å². The topological polar surface area (TPSA) is 49.8 Å². The molecule has 1 aliphatic rings. The third-order valence-corrected chi connectivity index (χ3v) is 5.74. The van der Waals surface area contributed by atoms with Crippen LogP contribution in [0.25, 0.3) is 10.8 Å². The summed E-state index contributed by atoms with van der Waals surface area (Å²) in [5.74, 6) is -0.652. The average Bonchev–Trinajstić information content (AvgIpc) is 2.74. The number of aliphatic carboxylic acids is 1. The smallest absolute Gasteiger partial charge is 0.320 e. The zero-order valence-corrected chi connectivity index (χ0v) is 16.3. The van der Waals surface area contributed by atoms with Gasteiger partial charge in [0, 0.05) is 5.56 Å². The molecule has 2 atom stereocenters. The van der Waals surface area contributed by atoms with Crippen LogP contribution in [0.2, 0.25) is 0 Å². The number of carbonyl (C=O) groups is 1. The Morgan fingerprint density at radius 3 is 2.66 bits per heavy atom. The van der Waals surface area contributed by atoms with Crippen molar-refractivity contribution in [1.82, 2.24) is 4.90 Å². The first-order chi connectivity index (χ1) is 14.1. The number of benzene rings is 3. The van der Waals surface area contributed by atoms with Crippen molar-refractivity contribution in [2.75, 3.05) is 13.7 Å². The Hall–Kier alpha value is -2.92. The second kappa shape index (κ2) is 8.21. The fraction of sp³-hybridized carbons (Fsp3) is 0.292. The van der Waals surface area contributed by atoms with E-state index in [0.29, 0.717) is 24.3 Å². The molecule has 150 valence electrons. The molecule has 0 amide bonds. The van der Waals surface area contributed by atoms with E-state index in [9.17, 15) is 14.3 Å². The molecule has 1 fully saturated rings. The number of methoxy groups -OCH3 is 1. The number of hydrogen-bond donors (Lipinski definition) is 1. The van der Waals surface area contributed by atoms with Gasteiger partial charge in [-0.25, -0.2) is 4.39 Å². The van der Waals surface area contributed by atoms with E-state index in [2.05, 4.69) is 6.07 Å². The van der Waals surface area contributed by atoms with Gasteiger partial charge >= 0.3 is 5.97 Å². The molecule has 1 saturated heterocycles. The van der Waals surface area contributed by atoms with Crippen molar-refractivity contribution in [3.05, 3.63) is 77.6 Å². The van der Waals surface area contributed by atoms with Crippen LogP contribution >= 0.6 is 0 Å². The predicted molar refractivity (Wildman–Crippen MR) is 111 cm³/mol. The maximum Gasteiger partial charge on any atom is 0.320 e. The van der Waals surface area contributed by atoms with Crippen molar-refractivity contribution in [2.24, 2.45) is 0 Å². The minimum absolute atomic E-state index is 0.365. The van der Waals surface area contributed by atoms with E-state index in [4.69, 9.17) is 4.74 Å². The number of nitrogens with zero attached hydrogens (tertiary/aromatic N) is 1. The maximum absolute atomic E-state index is 14.2. The molecular formula is C24H24FNO3. The molecule has 3 aromatic rings. The Labute approximate surface area is 169 Å². The lowest BCUT2D eigenvalue weighted by molar-refractivity contribution is -0.145. The quantitative estimate of drug-likeness (QED) is 0.662. The Balaban J connectivity index is 1.91. The van der Waals surface area contributed by atoms with Gasteiger partial charge in [-0.05, 0) is 60.0 Å². The molecule has 4 rings (SSSR count). The van der Waals surface area contributed by atoms with E-state index < -0.39 is 18.1 Å². The van der Waals surface area contributed by atoms with E-state index in [1.807, 2.05) is 41.3 Å². The highest BCUT2D eigenvalue weighted by atomic mass is 19.1. The molecule has 0 spiro atoms.